The molecule has 142 valence electrons. The summed E-state index contributed by atoms with van der Waals surface area (Å²) in [6.45, 7) is 15.4. The predicted molar refractivity (Wildman–Crippen MR) is 108 cm³/mol. The number of nitrogens with zero attached hydrogens (tertiary/aromatic N) is 2. The van der Waals surface area contributed by atoms with Crippen LogP contribution < -0.4 is 10.4 Å². The van der Waals surface area contributed by atoms with E-state index in [1.807, 2.05) is 0 Å². The van der Waals surface area contributed by atoms with Gasteiger partial charge in [-0.15, -0.1) is 0 Å². The first-order valence-corrected chi connectivity index (χ1v) is 10.2. The van der Waals surface area contributed by atoms with Gasteiger partial charge in [-0.05, 0) is 71.0 Å². The SMILES string of the molecule is CC(C1CC1)N1CCN(c2ccc(B3OC(C)(C)C(C)(C)O3)cc2)CC1. The Morgan fingerprint density at radius 1 is 0.923 bits per heavy atom. The van der Waals surface area contributed by atoms with Gasteiger partial charge in [0.15, 0.2) is 0 Å². The zero-order chi connectivity index (χ0) is 18.5. The third-order valence-corrected chi connectivity index (χ3v) is 6.98. The van der Waals surface area contributed by atoms with Crippen molar-refractivity contribution in [3.8, 4) is 0 Å². The van der Waals surface area contributed by atoms with Crippen LogP contribution in [-0.4, -0.2) is 55.4 Å². The van der Waals surface area contributed by atoms with Gasteiger partial charge < -0.3 is 14.2 Å². The lowest BCUT2D eigenvalue weighted by atomic mass is 9.79. The summed E-state index contributed by atoms with van der Waals surface area (Å²) in [5, 5.41) is 0. The highest BCUT2D eigenvalue weighted by Crippen LogP contribution is 2.37. The second-order valence-corrected chi connectivity index (χ2v) is 9.28. The van der Waals surface area contributed by atoms with E-state index in [1.165, 1.54) is 31.6 Å². The minimum absolute atomic E-state index is 0.273. The third-order valence-electron chi connectivity index (χ3n) is 6.98. The highest BCUT2D eigenvalue weighted by Gasteiger charge is 2.51. The first-order chi connectivity index (χ1) is 12.3. The summed E-state index contributed by atoms with van der Waals surface area (Å²) in [6.07, 6.45) is 2.86. The minimum Gasteiger partial charge on any atom is -0.399 e. The Morgan fingerprint density at radius 3 is 1.96 bits per heavy atom. The number of anilines is 1. The van der Waals surface area contributed by atoms with Crippen molar-refractivity contribution in [3.63, 3.8) is 0 Å². The van der Waals surface area contributed by atoms with Crippen LogP contribution in [0.5, 0.6) is 0 Å². The van der Waals surface area contributed by atoms with Crippen LogP contribution in [0, 0.1) is 5.92 Å². The van der Waals surface area contributed by atoms with Crippen molar-refractivity contribution in [2.75, 3.05) is 31.1 Å². The van der Waals surface area contributed by atoms with E-state index in [0.29, 0.717) is 0 Å². The van der Waals surface area contributed by atoms with Crippen molar-refractivity contribution in [2.45, 2.75) is 64.7 Å². The van der Waals surface area contributed by atoms with Crippen LogP contribution in [0.25, 0.3) is 0 Å². The maximum atomic E-state index is 6.16. The molecule has 2 aliphatic heterocycles. The summed E-state index contributed by atoms with van der Waals surface area (Å²) in [7, 11) is -0.273. The van der Waals surface area contributed by atoms with Crippen molar-refractivity contribution in [2.24, 2.45) is 5.92 Å². The molecule has 4 rings (SSSR count). The monoisotopic (exact) mass is 356 g/mol. The van der Waals surface area contributed by atoms with Gasteiger partial charge in [-0.2, -0.15) is 0 Å². The standard InChI is InChI=1S/C21H33BN2O2/c1-16(17-6-7-17)23-12-14-24(15-13-23)19-10-8-18(9-11-19)22-25-20(2,3)21(4,5)26-22/h8-11,16-17H,6-7,12-15H2,1-5H3. The van der Waals surface area contributed by atoms with E-state index in [1.54, 1.807) is 0 Å². The molecule has 1 aromatic carbocycles. The maximum Gasteiger partial charge on any atom is 0.494 e. The van der Waals surface area contributed by atoms with Crippen molar-refractivity contribution in [1.29, 1.82) is 0 Å². The molecular formula is C21H33BN2O2. The Morgan fingerprint density at radius 2 is 1.46 bits per heavy atom. The van der Waals surface area contributed by atoms with Gasteiger partial charge in [-0.25, -0.2) is 0 Å². The fourth-order valence-corrected chi connectivity index (χ4v) is 4.09. The average molecular weight is 356 g/mol. The summed E-state index contributed by atoms with van der Waals surface area (Å²) >= 11 is 0. The number of piperazine rings is 1. The molecule has 3 aliphatic rings. The topological polar surface area (TPSA) is 24.9 Å². The van der Waals surface area contributed by atoms with Crippen LogP contribution in [-0.2, 0) is 9.31 Å². The van der Waals surface area contributed by atoms with Crippen LogP contribution >= 0.6 is 0 Å². The van der Waals surface area contributed by atoms with Crippen molar-refractivity contribution < 1.29 is 9.31 Å². The molecule has 2 heterocycles. The summed E-state index contributed by atoms with van der Waals surface area (Å²) in [5.41, 5.74) is 1.84. The number of benzene rings is 1. The van der Waals surface area contributed by atoms with Gasteiger partial charge in [0.25, 0.3) is 0 Å². The lowest BCUT2D eigenvalue weighted by Crippen LogP contribution is -2.50. The largest absolute Gasteiger partial charge is 0.494 e. The zero-order valence-corrected chi connectivity index (χ0v) is 17.0. The fourth-order valence-electron chi connectivity index (χ4n) is 4.09. The quantitative estimate of drug-likeness (QED) is 0.775. The molecule has 0 aromatic heterocycles. The number of hydrogen-bond acceptors (Lipinski definition) is 4. The summed E-state index contributed by atoms with van der Waals surface area (Å²) in [4.78, 5) is 5.18. The Hall–Kier alpha value is -1.04. The second kappa shape index (κ2) is 6.54. The lowest BCUT2D eigenvalue weighted by Gasteiger charge is -2.39. The van der Waals surface area contributed by atoms with Gasteiger partial charge in [0.2, 0.25) is 0 Å². The molecule has 0 N–H and O–H groups in total. The minimum atomic E-state index is -0.287. The molecule has 1 atom stereocenters. The molecule has 4 nitrogen and oxygen atoms in total. The average Bonchev–Trinajstić information content (AvgIpc) is 3.42. The van der Waals surface area contributed by atoms with Gasteiger partial charge in [-0.1, -0.05) is 12.1 Å². The Bertz CT molecular complexity index is 618. The molecular weight excluding hydrogens is 323 g/mol. The molecule has 3 fully saturated rings. The summed E-state index contributed by atoms with van der Waals surface area (Å²) in [6, 6.07) is 9.54. The first kappa shape index (κ1) is 18.3. The highest BCUT2D eigenvalue weighted by molar-refractivity contribution is 6.62. The molecule has 1 saturated carbocycles. The van der Waals surface area contributed by atoms with Crippen LogP contribution in [0.2, 0.25) is 0 Å². The van der Waals surface area contributed by atoms with Crippen LogP contribution in [0.3, 0.4) is 0 Å². The molecule has 2 saturated heterocycles. The Labute approximate surface area is 159 Å². The lowest BCUT2D eigenvalue weighted by molar-refractivity contribution is 0.00578. The number of rotatable bonds is 4. The summed E-state index contributed by atoms with van der Waals surface area (Å²) < 4.78 is 12.3. The molecule has 5 heteroatoms. The van der Waals surface area contributed by atoms with E-state index >= 15 is 0 Å². The molecule has 26 heavy (non-hydrogen) atoms. The molecule has 0 amide bonds. The van der Waals surface area contributed by atoms with E-state index in [2.05, 4.69) is 68.7 Å². The fraction of sp³-hybridized carbons (Fsp3) is 0.714. The Balaban J connectivity index is 1.37. The second-order valence-electron chi connectivity index (χ2n) is 9.28. The molecule has 1 aromatic rings. The van der Waals surface area contributed by atoms with Crippen LogP contribution in [0.1, 0.15) is 47.5 Å². The molecule has 0 radical (unpaired) electrons. The van der Waals surface area contributed by atoms with Crippen molar-refractivity contribution in [3.05, 3.63) is 24.3 Å². The third kappa shape index (κ3) is 3.41. The molecule has 1 unspecified atom stereocenters. The van der Waals surface area contributed by atoms with E-state index in [-0.39, 0.29) is 18.3 Å². The van der Waals surface area contributed by atoms with Crippen LogP contribution in [0.4, 0.5) is 5.69 Å². The molecule has 0 spiro atoms. The molecule has 0 bridgehead atoms. The highest BCUT2D eigenvalue weighted by atomic mass is 16.7. The van der Waals surface area contributed by atoms with E-state index in [9.17, 15) is 0 Å². The van der Waals surface area contributed by atoms with Gasteiger partial charge in [0.05, 0.1) is 11.2 Å². The zero-order valence-electron chi connectivity index (χ0n) is 17.0. The van der Waals surface area contributed by atoms with E-state index in [4.69, 9.17) is 9.31 Å². The normalized spacial score (nSPS) is 27.0. The van der Waals surface area contributed by atoms with Gasteiger partial charge >= 0.3 is 7.12 Å². The van der Waals surface area contributed by atoms with E-state index < -0.39 is 0 Å². The van der Waals surface area contributed by atoms with E-state index in [0.717, 1.165) is 30.5 Å². The van der Waals surface area contributed by atoms with Gasteiger partial charge in [0, 0.05) is 37.9 Å². The van der Waals surface area contributed by atoms with Gasteiger partial charge in [0.1, 0.15) is 0 Å². The summed E-state index contributed by atoms with van der Waals surface area (Å²) in [5.74, 6) is 0.959. The van der Waals surface area contributed by atoms with Crippen LogP contribution in [0.15, 0.2) is 24.3 Å². The molecule has 1 aliphatic carbocycles. The smallest absolute Gasteiger partial charge is 0.399 e. The maximum absolute atomic E-state index is 6.16. The van der Waals surface area contributed by atoms with Gasteiger partial charge in [-0.3, -0.25) is 4.90 Å². The number of hydrogen-bond donors (Lipinski definition) is 0. The Kier molecular flexibility index (Phi) is 4.61. The first-order valence-electron chi connectivity index (χ1n) is 10.2. The van der Waals surface area contributed by atoms with Crippen molar-refractivity contribution >= 4 is 18.3 Å². The predicted octanol–water partition coefficient (Wildman–Crippen LogP) is 2.91. The van der Waals surface area contributed by atoms with Crippen molar-refractivity contribution in [1.82, 2.24) is 4.90 Å².